The SMILES string of the molecule is CC(C)CCN(C1CC1)S(=O)(=O)c1cc(CCl)ccc1Cl. The quantitative estimate of drug-likeness (QED) is 0.689. The lowest BCUT2D eigenvalue weighted by Crippen LogP contribution is -2.34. The number of hydrogen-bond acceptors (Lipinski definition) is 2. The van der Waals surface area contributed by atoms with E-state index in [1.807, 2.05) is 0 Å². The van der Waals surface area contributed by atoms with Crippen molar-refractivity contribution >= 4 is 33.2 Å². The molecule has 0 radical (unpaired) electrons. The molecule has 0 aromatic heterocycles. The van der Waals surface area contributed by atoms with Gasteiger partial charge in [0.25, 0.3) is 0 Å². The molecule has 6 heteroatoms. The van der Waals surface area contributed by atoms with Crippen molar-refractivity contribution in [2.75, 3.05) is 6.54 Å². The summed E-state index contributed by atoms with van der Waals surface area (Å²) in [5, 5.41) is 0.263. The van der Waals surface area contributed by atoms with Crippen molar-refractivity contribution < 1.29 is 8.42 Å². The Labute approximate surface area is 137 Å². The zero-order chi connectivity index (χ0) is 15.6. The smallest absolute Gasteiger partial charge is 0.207 e. The predicted octanol–water partition coefficient (Wildman–Crippen LogP) is 4.28. The Morgan fingerprint density at radius 2 is 2.00 bits per heavy atom. The molecule has 0 bridgehead atoms. The van der Waals surface area contributed by atoms with E-state index in [9.17, 15) is 8.42 Å². The highest BCUT2D eigenvalue weighted by molar-refractivity contribution is 7.89. The van der Waals surface area contributed by atoms with Crippen LogP contribution in [0.4, 0.5) is 0 Å². The standard InChI is InChI=1S/C15H21Cl2NO2S/c1-11(2)7-8-18(13-4-5-13)21(19,20)15-9-12(10-16)3-6-14(15)17/h3,6,9,11,13H,4-5,7-8,10H2,1-2H3. The van der Waals surface area contributed by atoms with E-state index in [0.29, 0.717) is 12.5 Å². The second kappa shape index (κ2) is 6.86. The molecule has 1 saturated carbocycles. The van der Waals surface area contributed by atoms with Gasteiger partial charge in [0.05, 0.1) is 5.02 Å². The molecule has 0 heterocycles. The Bertz CT molecular complexity index is 598. The number of halogens is 2. The highest BCUT2D eigenvalue weighted by Gasteiger charge is 2.38. The maximum atomic E-state index is 12.9. The lowest BCUT2D eigenvalue weighted by atomic mass is 10.1. The molecule has 118 valence electrons. The van der Waals surface area contributed by atoms with Crippen molar-refractivity contribution in [3.05, 3.63) is 28.8 Å². The molecule has 2 rings (SSSR count). The monoisotopic (exact) mass is 349 g/mol. The van der Waals surface area contributed by atoms with Crippen LogP contribution in [-0.2, 0) is 15.9 Å². The van der Waals surface area contributed by atoms with E-state index < -0.39 is 10.0 Å². The summed E-state index contributed by atoms with van der Waals surface area (Å²) in [4.78, 5) is 0.179. The lowest BCUT2D eigenvalue weighted by molar-refractivity contribution is 0.373. The summed E-state index contributed by atoms with van der Waals surface area (Å²) in [6.07, 6.45) is 2.72. The van der Waals surface area contributed by atoms with Crippen LogP contribution < -0.4 is 0 Å². The molecule has 1 aliphatic carbocycles. The minimum atomic E-state index is -3.55. The number of nitrogens with zero attached hydrogens (tertiary/aromatic N) is 1. The molecular weight excluding hydrogens is 329 g/mol. The number of rotatable bonds is 7. The molecule has 0 spiro atoms. The fourth-order valence-electron chi connectivity index (χ4n) is 2.20. The van der Waals surface area contributed by atoms with Crippen LogP contribution in [0.2, 0.25) is 5.02 Å². The second-order valence-electron chi connectivity index (χ2n) is 5.93. The van der Waals surface area contributed by atoms with Gasteiger partial charge < -0.3 is 0 Å². The Kier molecular flexibility index (Phi) is 5.58. The molecule has 0 aliphatic heterocycles. The maximum absolute atomic E-state index is 12.9. The van der Waals surface area contributed by atoms with Crippen molar-refractivity contribution in [2.24, 2.45) is 5.92 Å². The zero-order valence-corrected chi connectivity index (χ0v) is 14.7. The van der Waals surface area contributed by atoms with E-state index in [-0.39, 0.29) is 21.8 Å². The molecule has 0 amide bonds. The van der Waals surface area contributed by atoms with Crippen molar-refractivity contribution in [1.29, 1.82) is 0 Å². The average Bonchev–Trinajstić information content (AvgIpc) is 3.23. The zero-order valence-electron chi connectivity index (χ0n) is 12.4. The summed E-state index contributed by atoms with van der Waals surface area (Å²) in [7, 11) is -3.55. The molecule has 0 atom stereocenters. The fraction of sp³-hybridized carbons (Fsp3) is 0.600. The van der Waals surface area contributed by atoms with Gasteiger partial charge in [-0.1, -0.05) is 31.5 Å². The molecule has 21 heavy (non-hydrogen) atoms. The van der Waals surface area contributed by atoms with Gasteiger partial charge in [0.1, 0.15) is 4.90 Å². The number of sulfonamides is 1. The van der Waals surface area contributed by atoms with Crippen molar-refractivity contribution in [3.63, 3.8) is 0 Å². The predicted molar refractivity (Wildman–Crippen MR) is 87.4 cm³/mol. The normalized spacial score (nSPS) is 15.9. The average molecular weight is 350 g/mol. The van der Waals surface area contributed by atoms with Gasteiger partial charge in [-0.2, -0.15) is 4.31 Å². The molecule has 0 saturated heterocycles. The summed E-state index contributed by atoms with van der Waals surface area (Å²) in [5.41, 5.74) is 0.763. The van der Waals surface area contributed by atoms with E-state index in [0.717, 1.165) is 24.8 Å². The van der Waals surface area contributed by atoms with Gasteiger partial charge in [0, 0.05) is 18.5 Å². The van der Waals surface area contributed by atoms with E-state index in [1.165, 1.54) is 0 Å². The van der Waals surface area contributed by atoms with Crippen LogP contribution in [0.3, 0.4) is 0 Å². The van der Waals surface area contributed by atoms with Crippen molar-refractivity contribution in [2.45, 2.75) is 49.9 Å². The largest absolute Gasteiger partial charge is 0.244 e. The molecule has 1 aliphatic rings. The molecule has 0 N–H and O–H groups in total. The third-order valence-electron chi connectivity index (χ3n) is 3.62. The van der Waals surface area contributed by atoms with Gasteiger partial charge in [-0.05, 0) is 42.9 Å². The second-order valence-corrected chi connectivity index (χ2v) is 8.46. The molecular formula is C15H21Cl2NO2S. The lowest BCUT2D eigenvalue weighted by Gasteiger charge is -2.23. The third kappa shape index (κ3) is 4.13. The van der Waals surface area contributed by atoms with Crippen LogP contribution in [-0.4, -0.2) is 25.3 Å². The summed E-state index contributed by atoms with van der Waals surface area (Å²) in [6, 6.07) is 5.09. The molecule has 1 fully saturated rings. The van der Waals surface area contributed by atoms with Gasteiger partial charge in [-0.25, -0.2) is 8.42 Å². The minimum absolute atomic E-state index is 0.129. The topological polar surface area (TPSA) is 37.4 Å². The summed E-state index contributed by atoms with van der Waals surface area (Å²) < 4.78 is 27.4. The summed E-state index contributed by atoms with van der Waals surface area (Å²) in [6.45, 7) is 4.74. The molecule has 1 aromatic carbocycles. The minimum Gasteiger partial charge on any atom is -0.207 e. The molecule has 1 aromatic rings. The first kappa shape index (κ1) is 17.1. The Morgan fingerprint density at radius 1 is 1.33 bits per heavy atom. The number of benzene rings is 1. The van der Waals surface area contributed by atoms with Crippen molar-refractivity contribution in [1.82, 2.24) is 4.31 Å². The van der Waals surface area contributed by atoms with Gasteiger partial charge in [0.2, 0.25) is 10.0 Å². The first-order valence-corrected chi connectivity index (χ1v) is 9.57. The third-order valence-corrected chi connectivity index (χ3v) is 6.36. The fourth-order valence-corrected chi connectivity index (χ4v) is 4.59. The number of alkyl halides is 1. The van der Waals surface area contributed by atoms with Crippen molar-refractivity contribution in [3.8, 4) is 0 Å². The van der Waals surface area contributed by atoms with Crippen LogP contribution >= 0.6 is 23.2 Å². The van der Waals surface area contributed by atoms with Crippen LogP contribution in [0, 0.1) is 5.92 Å². The summed E-state index contributed by atoms with van der Waals surface area (Å²) >= 11 is 11.9. The maximum Gasteiger partial charge on any atom is 0.244 e. The van der Waals surface area contributed by atoms with E-state index in [4.69, 9.17) is 23.2 Å². The van der Waals surface area contributed by atoms with E-state index >= 15 is 0 Å². The van der Waals surface area contributed by atoms with Gasteiger partial charge in [-0.15, -0.1) is 11.6 Å². The van der Waals surface area contributed by atoms with E-state index in [2.05, 4.69) is 13.8 Å². The van der Waals surface area contributed by atoms with Crippen LogP contribution in [0.15, 0.2) is 23.1 Å². The first-order chi connectivity index (χ1) is 9.86. The van der Waals surface area contributed by atoms with Gasteiger partial charge in [-0.3, -0.25) is 0 Å². The first-order valence-electron chi connectivity index (χ1n) is 7.22. The molecule has 0 unspecified atom stereocenters. The summed E-state index contributed by atoms with van der Waals surface area (Å²) in [5.74, 6) is 0.737. The number of hydrogen-bond donors (Lipinski definition) is 0. The highest BCUT2D eigenvalue weighted by atomic mass is 35.5. The van der Waals surface area contributed by atoms with Gasteiger partial charge in [0.15, 0.2) is 0 Å². The molecule has 3 nitrogen and oxygen atoms in total. The Morgan fingerprint density at radius 3 is 2.52 bits per heavy atom. The Hall–Kier alpha value is -0.290. The van der Waals surface area contributed by atoms with E-state index in [1.54, 1.807) is 22.5 Å². The highest BCUT2D eigenvalue weighted by Crippen LogP contribution is 2.35. The van der Waals surface area contributed by atoms with Crippen LogP contribution in [0.5, 0.6) is 0 Å². The Balaban J connectivity index is 2.34. The van der Waals surface area contributed by atoms with Gasteiger partial charge >= 0.3 is 0 Å². The van der Waals surface area contributed by atoms with Crippen LogP contribution in [0.1, 0.15) is 38.7 Å². The van der Waals surface area contributed by atoms with Crippen LogP contribution in [0.25, 0.3) is 0 Å².